The van der Waals surface area contributed by atoms with E-state index in [0.717, 1.165) is 24.3 Å². The molecule has 0 radical (unpaired) electrons. The summed E-state index contributed by atoms with van der Waals surface area (Å²) in [4.78, 5) is 11.4. The molecule has 0 atom stereocenters. The van der Waals surface area contributed by atoms with E-state index in [9.17, 15) is 9.90 Å². The first kappa shape index (κ1) is 10.2. The first-order chi connectivity index (χ1) is 7.18. The quantitative estimate of drug-likeness (QED) is 0.765. The lowest BCUT2D eigenvalue weighted by molar-refractivity contribution is 0.101. The second kappa shape index (κ2) is 4.05. The highest BCUT2D eigenvalue weighted by Gasteiger charge is 2.22. The van der Waals surface area contributed by atoms with Crippen molar-refractivity contribution in [2.75, 3.05) is 0 Å². The lowest BCUT2D eigenvalue weighted by atomic mass is 9.98. The van der Waals surface area contributed by atoms with Gasteiger partial charge in [-0.25, -0.2) is 0 Å². The Morgan fingerprint density at radius 2 is 2.20 bits per heavy atom. The molecule has 1 aromatic carbocycles. The lowest BCUT2D eigenvalue weighted by Gasteiger charge is -2.08. The van der Waals surface area contributed by atoms with Gasteiger partial charge in [-0.05, 0) is 37.3 Å². The van der Waals surface area contributed by atoms with Crippen molar-refractivity contribution >= 4 is 5.78 Å². The molecule has 2 nitrogen and oxygen atoms in total. The van der Waals surface area contributed by atoms with Crippen LogP contribution in [-0.4, -0.2) is 10.9 Å². The van der Waals surface area contributed by atoms with Crippen LogP contribution in [0.3, 0.4) is 0 Å². The third-order valence-electron chi connectivity index (χ3n) is 3.00. The van der Waals surface area contributed by atoms with E-state index in [1.54, 1.807) is 6.07 Å². The fraction of sp³-hybridized carbons (Fsp3) is 0.462. The molecule has 1 N–H and O–H groups in total. The summed E-state index contributed by atoms with van der Waals surface area (Å²) < 4.78 is 0. The summed E-state index contributed by atoms with van der Waals surface area (Å²) >= 11 is 0. The largest absolute Gasteiger partial charge is 0.507 e. The number of rotatable bonds is 4. The van der Waals surface area contributed by atoms with Gasteiger partial charge in [-0.3, -0.25) is 4.79 Å². The molecule has 0 heterocycles. The van der Waals surface area contributed by atoms with Crippen LogP contribution in [0.25, 0.3) is 0 Å². The first-order valence-corrected chi connectivity index (χ1v) is 5.50. The van der Waals surface area contributed by atoms with Gasteiger partial charge in [-0.2, -0.15) is 0 Å². The Morgan fingerprint density at radius 1 is 1.47 bits per heavy atom. The van der Waals surface area contributed by atoms with Gasteiger partial charge in [0.2, 0.25) is 0 Å². The summed E-state index contributed by atoms with van der Waals surface area (Å²) in [6.45, 7) is 1.51. The minimum absolute atomic E-state index is 0.0427. The van der Waals surface area contributed by atoms with Gasteiger partial charge in [0.05, 0.1) is 5.56 Å². The molecule has 2 heteroatoms. The summed E-state index contributed by atoms with van der Waals surface area (Å²) in [6, 6.07) is 5.33. The fourth-order valence-corrected chi connectivity index (χ4v) is 1.97. The van der Waals surface area contributed by atoms with Crippen molar-refractivity contribution in [2.24, 2.45) is 5.92 Å². The molecule has 0 saturated heterocycles. The van der Waals surface area contributed by atoms with Crippen LogP contribution in [0.5, 0.6) is 5.75 Å². The molecule has 0 amide bonds. The maximum Gasteiger partial charge on any atom is 0.163 e. The van der Waals surface area contributed by atoms with E-state index in [1.165, 1.54) is 19.8 Å². The Hall–Kier alpha value is -1.31. The number of phenols is 1. The number of aryl methyl sites for hydroxylation is 1. The Kier molecular flexibility index (Phi) is 2.76. The van der Waals surface area contributed by atoms with Crippen LogP contribution in [0, 0.1) is 5.92 Å². The maximum absolute atomic E-state index is 11.4. The van der Waals surface area contributed by atoms with E-state index >= 15 is 0 Å². The predicted octanol–water partition coefficient (Wildman–Crippen LogP) is 2.94. The van der Waals surface area contributed by atoms with Crippen LogP contribution in [0.4, 0.5) is 0 Å². The highest BCUT2D eigenvalue weighted by Crippen LogP contribution is 2.34. The summed E-state index contributed by atoms with van der Waals surface area (Å²) in [5.41, 5.74) is 1.51. The molecule has 0 spiro atoms. The second-order valence-electron chi connectivity index (χ2n) is 4.35. The van der Waals surface area contributed by atoms with Crippen LogP contribution in [-0.2, 0) is 6.42 Å². The van der Waals surface area contributed by atoms with Crippen LogP contribution < -0.4 is 0 Å². The topological polar surface area (TPSA) is 37.3 Å². The molecular weight excluding hydrogens is 188 g/mol. The Morgan fingerprint density at radius 3 is 2.80 bits per heavy atom. The lowest BCUT2D eigenvalue weighted by Crippen LogP contribution is -2.00. The normalized spacial score (nSPS) is 15.3. The molecule has 15 heavy (non-hydrogen) atoms. The zero-order valence-corrected chi connectivity index (χ0v) is 8.99. The summed E-state index contributed by atoms with van der Waals surface area (Å²) in [6.07, 6.45) is 4.71. The van der Waals surface area contributed by atoms with Crippen molar-refractivity contribution in [1.82, 2.24) is 0 Å². The minimum Gasteiger partial charge on any atom is -0.507 e. The maximum atomic E-state index is 11.4. The standard InChI is InChI=1S/C13H16O2/c1-9(14)13-11(3-2-4-12(13)15)8-7-10-5-6-10/h2-4,10,15H,5-8H2,1H3. The fourth-order valence-electron chi connectivity index (χ4n) is 1.97. The van der Waals surface area contributed by atoms with Gasteiger partial charge >= 0.3 is 0 Å². The molecule has 1 aliphatic carbocycles. The van der Waals surface area contributed by atoms with E-state index in [-0.39, 0.29) is 11.5 Å². The predicted molar refractivity (Wildman–Crippen MR) is 59.2 cm³/mol. The smallest absolute Gasteiger partial charge is 0.163 e. The van der Waals surface area contributed by atoms with Crippen LogP contribution >= 0.6 is 0 Å². The van der Waals surface area contributed by atoms with Crippen molar-refractivity contribution in [1.29, 1.82) is 0 Å². The number of aromatic hydroxyl groups is 1. The average molecular weight is 204 g/mol. The molecule has 1 aromatic rings. The van der Waals surface area contributed by atoms with Crippen molar-refractivity contribution in [3.05, 3.63) is 29.3 Å². The summed E-state index contributed by atoms with van der Waals surface area (Å²) in [5.74, 6) is 0.932. The van der Waals surface area contributed by atoms with Crippen LogP contribution in [0.1, 0.15) is 42.1 Å². The van der Waals surface area contributed by atoms with Gasteiger partial charge in [-0.1, -0.05) is 25.0 Å². The van der Waals surface area contributed by atoms with Gasteiger partial charge in [0.1, 0.15) is 5.75 Å². The van der Waals surface area contributed by atoms with Crippen molar-refractivity contribution in [3.8, 4) is 5.75 Å². The van der Waals surface area contributed by atoms with Crippen LogP contribution in [0.2, 0.25) is 0 Å². The number of phenolic OH excluding ortho intramolecular Hbond substituents is 1. The van der Waals surface area contributed by atoms with Gasteiger partial charge in [-0.15, -0.1) is 0 Å². The van der Waals surface area contributed by atoms with E-state index in [2.05, 4.69) is 0 Å². The Labute approximate surface area is 89.9 Å². The summed E-state index contributed by atoms with van der Waals surface area (Å²) in [7, 11) is 0. The molecule has 1 fully saturated rings. The van der Waals surface area contributed by atoms with E-state index in [1.807, 2.05) is 12.1 Å². The summed E-state index contributed by atoms with van der Waals surface area (Å²) in [5, 5.41) is 9.62. The number of benzene rings is 1. The van der Waals surface area contributed by atoms with E-state index in [4.69, 9.17) is 0 Å². The van der Waals surface area contributed by atoms with E-state index in [0.29, 0.717) is 5.56 Å². The minimum atomic E-state index is -0.0427. The average Bonchev–Trinajstić information content (AvgIpc) is 2.97. The molecular formula is C13H16O2. The molecule has 0 unspecified atom stereocenters. The zero-order chi connectivity index (χ0) is 10.8. The van der Waals surface area contributed by atoms with Crippen molar-refractivity contribution < 1.29 is 9.90 Å². The monoisotopic (exact) mass is 204 g/mol. The first-order valence-electron chi connectivity index (χ1n) is 5.50. The molecule has 2 rings (SSSR count). The van der Waals surface area contributed by atoms with Gasteiger partial charge in [0.15, 0.2) is 5.78 Å². The second-order valence-corrected chi connectivity index (χ2v) is 4.35. The molecule has 1 saturated carbocycles. The van der Waals surface area contributed by atoms with Gasteiger partial charge in [0.25, 0.3) is 0 Å². The molecule has 0 aromatic heterocycles. The van der Waals surface area contributed by atoms with Crippen molar-refractivity contribution in [3.63, 3.8) is 0 Å². The molecule has 0 bridgehead atoms. The van der Waals surface area contributed by atoms with Crippen molar-refractivity contribution in [2.45, 2.75) is 32.6 Å². The number of ketones is 1. The van der Waals surface area contributed by atoms with Gasteiger partial charge < -0.3 is 5.11 Å². The molecule has 1 aliphatic rings. The highest BCUT2D eigenvalue weighted by atomic mass is 16.3. The van der Waals surface area contributed by atoms with Gasteiger partial charge in [0, 0.05) is 0 Å². The Bertz CT molecular complexity index is 378. The van der Waals surface area contributed by atoms with Crippen LogP contribution in [0.15, 0.2) is 18.2 Å². The van der Waals surface area contributed by atoms with E-state index < -0.39 is 0 Å². The number of carbonyl (C=O) groups is 1. The molecule has 80 valence electrons. The third-order valence-corrected chi connectivity index (χ3v) is 3.00. The Balaban J connectivity index is 2.19. The highest BCUT2D eigenvalue weighted by molar-refractivity contribution is 5.98. The number of hydrogen-bond acceptors (Lipinski definition) is 2. The number of carbonyl (C=O) groups excluding carboxylic acids is 1. The number of hydrogen-bond donors (Lipinski definition) is 1. The third kappa shape index (κ3) is 2.38. The number of Topliss-reactive ketones (excluding diaryl/α,β-unsaturated/α-hetero) is 1. The SMILES string of the molecule is CC(=O)c1c(O)cccc1CCC1CC1. The zero-order valence-electron chi connectivity index (χ0n) is 8.99. The molecule has 0 aliphatic heterocycles.